The number of aryl methyl sites for hydroxylation is 1. The lowest BCUT2D eigenvalue weighted by Crippen LogP contribution is -2.16. The molecular formula is C13H17N3. The van der Waals surface area contributed by atoms with Crippen LogP contribution in [0.3, 0.4) is 0 Å². The Morgan fingerprint density at radius 3 is 2.94 bits per heavy atom. The van der Waals surface area contributed by atoms with Gasteiger partial charge >= 0.3 is 0 Å². The lowest BCUT2D eigenvalue weighted by Gasteiger charge is -1.98. The van der Waals surface area contributed by atoms with Gasteiger partial charge in [0.2, 0.25) is 0 Å². The summed E-state index contributed by atoms with van der Waals surface area (Å²) in [6, 6.07) is 9.22. The van der Waals surface area contributed by atoms with Gasteiger partial charge in [0.1, 0.15) is 0 Å². The first-order valence-electron chi connectivity index (χ1n) is 6.06. The van der Waals surface area contributed by atoms with Crippen molar-refractivity contribution in [1.82, 2.24) is 15.1 Å². The van der Waals surface area contributed by atoms with Crippen LogP contribution < -0.4 is 5.32 Å². The summed E-state index contributed by atoms with van der Waals surface area (Å²) in [6.45, 7) is 3.97. The van der Waals surface area contributed by atoms with Crippen LogP contribution in [0, 0.1) is 0 Å². The highest BCUT2D eigenvalue weighted by molar-refractivity contribution is 5.81. The number of nitrogens with zero attached hydrogens (tertiary/aromatic N) is 2. The van der Waals surface area contributed by atoms with Gasteiger partial charge in [-0.3, -0.25) is 4.68 Å². The summed E-state index contributed by atoms with van der Waals surface area (Å²) >= 11 is 0. The van der Waals surface area contributed by atoms with Crippen LogP contribution in [0.5, 0.6) is 0 Å². The van der Waals surface area contributed by atoms with Crippen LogP contribution in [0.4, 0.5) is 0 Å². The molecule has 16 heavy (non-hydrogen) atoms. The van der Waals surface area contributed by atoms with E-state index in [9.17, 15) is 0 Å². The van der Waals surface area contributed by atoms with Crippen molar-refractivity contribution in [2.24, 2.45) is 0 Å². The molecule has 1 aromatic carbocycles. The SMILES string of the molecule is CCn1nc(CNC2CC2)c2ccccc21. The maximum absolute atomic E-state index is 4.66. The molecule has 0 amide bonds. The normalized spacial score (nSPS) is 15.8. The molecule has 0 saturated heterocycles. The number of benzene rings is 1. The minimum absolute atomic E-state index is 0.741. The summed E-state index contributed by atoms with van der Waals surface area (Å²) in [5, 5.41) is 9.48. The van der Waals surface area contributed by atoms with Gasteiger partial charge in [0.25, 0.3) is 0 Å². The molecule has 1 aromatic heterocycles. The van der Waals surface area contributed by atoms with Crippen molar-refractivity contribution in [1.29, 1.82) is 0 Å². The molecule has 1 aliphatic carbocycles. The van der Waals surface area contributed by atoms with Gasteiger partial charge in [0, 0.05) is 24.5 Å². The molecule has 1 saturated carbocycles. The standard InChI is InChI=1S/C13H17N3/c1-2-16-13-6-4-3-5-11(13)12(15-16)9-14-10-7-8-10/h3-6,10,14H,2,7-9H2,1H3. The monoisotopic (exact) mass is 215 g/mol. The number of aromatic nitrogens is 2. The van der Waals surface area contributed by atoms with E-state index in [1.54, 1.807) is 0 Å². The predicted molar refractivity (Wildman–Crippen MR) is 65.3 cm³/mol. The maximum atomic E-state index is 4.66. The van der Waals surface area contributed by atoms with Crippen LogP contribution in [0.1, 0.15) is 25.5 Å². The zero-order chi connectivity index (χ0) is 11.0. The van der Waals surface area contributed by atoms with Crippen LogP contribution in [0.15, 0.2) is 24.3 Å². The summed E-state index contributed by atoms with van der Waals surface area (Å²) in [4.78, 5) is 0. The van der Waals surface area contributed by atoms with E-state index in [0.717, 1.165) is 19.1 Å². The lowest BCUT2D eigenvalue weighted by molar-refractivity contribution is 0.629. The van der Waals surface area contributed by atoms with Crippen LogP contribution in [0.25, 0.3) is 10.9 Å². The predicted octanol–water partition coefficient (Wildman–Crippen LogP) is 2.31. The minimum Gasteiger partial charge on any atom is -0.308 e. The largest absolute Gasteiger partial charge is 0.308 e. The molecule has 1 N–H and O–H groups in total. The number of hydrogen-bond donors (Lipinski definition) is 1. The second kappa shape index (κ2) is 3.91. The average Bonchev–Trinajstić information content (AvgIpc) is 3.08. The van der Waals surface area contributed by atoms with E-state index in [1.807, 2.05) is 0 Å². The second-order valence-corrected chi connectivity index (χ2v) is 4.43. The van der Waals surface area contributed by atoms with E-state index in [0.29, 0.717) is 0 Å². The Balaban J connectivity index is 1.95. The topological polar surface area (TPSA) is 29.9 Å². The van der Waals surface area contributed by atoms with Gasteiger partial charge in [0.15, 0.2) is 0 Å². The third-order valence-corrected chi connectivity index (χ3v) is 3.17. The summed E-state index contributed by atoms with van der Waals surface area (Å²) < 4.78 is 2.08. The van der Waals surface area contributed by atoms with E-state index in [1.165, 1.54) is 29.4 Å². The number of nitrogens with one attached hydrogen (secondary N) is 1. The molecule has 3 heteroatoms. The maximum Gasteiger partial charge on any atom is 0.0841 e. The summed E-state index contributed by atoms with van der Waals surface area (Å²) in [6.07, 6.45) is 2.65. The lowest BCUT2D eigenvalue weighted by atomic mass is 10.2. The van der Waals surface area contributed by atoms with Crippen LogP contribution in [-0.4, -0.2) is 15.8 Å². The molecule has 0 unspecified atom stereocenters. The van der Waals surface area contributed by atoms with Crippen LogP contribution in [0.2, 0.25) is 0 Å². The van der Waals surface area contributed by atoms with Crippen LogP contribution in [-0.2, 0) is 13.1 Å². The van der Waals surface area contributed by atoms with E-state index < -0.39 is 0 Å². The first-order chi connectivity index (χ1) is 7.88. The molecule has 1 fully saturated rings. The van der Waals surface area contributed by atoms with Crippen molar-refractivity contribution >= 4 is 10.9 Å². The molecule has 0 aliphatic heterocycles. The van der Waals surface area contributed by atoms with Gasteiger partial charge < -0.3 is 5.32 Å². The zero-order valence-electron chi connectivity index (χ0n) is 9.61. The van der Waals surface area contributed by atoms with Crippen LogP contribution >= 0.6 is 0 Å². The first-order valence-corrected chi connectivity index (χ1v) is 6.06. The highest BCUT2D eigenvalue weighted by Crippen LogP contribution is 2.22. The Morgan fingerprint density at radius 1 is 1.38 bits per heavy atom. The molecule has 3 nitrogen and oxygen atoms in total. The Labute approximate surface area is 95.5 Å². The molecule has 0 spiro atoms. The van der Waals surface area contributed by atoms with Gasteiger partial charge in [-0.25, -0.2) is 0 Å². The van der Waals surface area contributed by atoms with Crippen molar-refractivity contribution in [3.05, 3.63) is 30.0 Å². The Kier molecular flexibility index (Phi) is 2.40. The second-order valence-electron chi connectivity index (χ2n) is 4.43. The van der Waals surface area contributed by atoms with Crippen molar-refractivity contribution in [3.63, 3.8) is 0 Å². The van der Waals surface area contributed by atoms with E-state index in [4.69, 9.17) is 0 Å². The number of para-hydroxylation sites is 1. The molecule has 2 aromatic rings. The molecule has 3 rings (SSSR count). The molecule has 1 heterocycles. The Hall–Kier alpha value is -1.35. The van der Waals surface area contributed by atoms with Crippen molar-refractivity contribution in [2.45, 2.75) is 38.9 Å². The summed E-state index contributed by atoms with van der Waals surface area (Å²) in [5.74, 6) is 0. The Morgan fingerprint density at radius 2 is 2.19 bits per heavy atom. The summed E-state index contributed by atoms with van der Waals surface area (Å²) in [7, 11) is 0. The fourth-order valence-corrected chi connectivity index (χ4v) is 2.10. The first kappa shape index (κ1) is 9.85. The van der Waals surface area contributed by atoms with Gasteiger partial charge in [-0.2, -0.15) is 5.10 Å². The van der Waals surface area contributed by atoms with Crippen molar-refractivity contribution in [2.75, 3.05) is 0 Å². The number of fused-ring (bicyclic) bond motifs is 1. The third kappa shape index (κ3) is 1.71. The smallest absolute Gasteiger partial charge is 0.0841 e. The molecule has 0 bridgehead atoms. The fourth-order valence-electron chi connectivity index (χ4n) is 2.10. The van der Waals surface area contributed by atoms with E-state index in [-0.39, 0.29) is 0 Å². The molecule has 84 valence electrons. The third-order valence-electron chi connectivity index (χ3n) is 3.17. The van der Waals surface area contributed by atoms with Crippen molar-refractivity contribution < 1.29 is 0 Å². The van der Waals surface area contributed by atoms with Gasteiger partial charge in [-0.1, -0.05) is 18.2 Å². The quantitative estimate of drug-likeness (QED) is 0.848. The molecule has 0 radical (unpaired) electrons. The molecular weight excluding hydrogens is 198 g/mol. The van der Waals surface area contributed by atoms with Gasteiger partial charge in [0.05, 0.1) is 11.2 Å². The number of rotatable bonds is 4. The highest BCUT2D eigenvalue weighted by Gasteiger charge is 2.21. The van der Waals surface area contributed by atoms with E-state index in [2.05, 4.69) is 46.3 Å². The minimum atomic E-state index is 0.741. The van der Waals surface area contributed by atoms with E-state index >= 15 is 0 Å². The molecule has 1 aliphatic rings. The van der Waals surface area contributed by atoms with Crippen molar-refractivity contribution in [3.8, 4) is 0 Å². The van der Waals surface area contributed by atoms with Gasteiger partial charge in [-0.15, -0.1) is 0 Å². The average molecular weight is 215 g/mol. The highest BCUT2D eigenvalue weighted by atomic mass is 15.3. The zero-order valence-corrected chi connectivity index (χ0v) is 9.61. The summed E-state index contributed by atoms with van der Waals surface area (Å²) in [5.41, 5.74) is 2.43. The fraction of sp³-hybridized carbons (Fsp3) is 0.462. The Bertz CT molecular complexity index is 497. The number of hydrogen-bond acceptors (Lipinski definition) is 2. The molecule has 0 atom stereocenters. The van der Waals surface area contributed by atoms with Gasteiger partial charge in [-0.05, 0) is 25.8 Å².